The standard InChI is InChI=1S/C14H13NO6/c1-2-6-20-9-5-3-4-8(7-9)12-15-10(13(16)17)11(21-12)14(18)19/h3-5,7H,2,6H2,1H3,(H,16,17)(H,18,19). The fourth-order valence-electron chi connectivity index (χ4n) is 1.67. The monoisotopic (exact) mass is 291 g/mol. The van der Waals surface area contributed by atoms with E-state index in [0.29, 0.717) is 17.9 Å². The van der Waals surface area contributed by atoms with Gasteiger partial charge in [-0.1, -0.05) is 13.0 Å². The highest BCUT2D eigenvalue weighted by atomic mass is 16.5. The minimum Gasteiger partial charge on any atom is -0.494 e. The summed E-state index contributed by atoms with van der Waals surface area (Å²) in [7, 11) is 0. The van der Waals surface area contributed by atoms with Crippen molar-refractivity contribution in [1.82, 2.24) is 4.98 Å². The van der Waals surface area contributed by atoms with Crippen LogP contribution in [0.2, 0.25) is 0 Å². The van der Waals surface area contributed by atoms with Crippen molar-refractivity contribution in [2.45, 2.75) is 13.3 Å². The molecule has 0 atom stereocenters. The summed E-state index contributed by atoms with van der Waals surface area (Å²) in [5, 5.41) is 17.9. The van der Waals surface area contributed by atoms with Crippen LogP contribution < -0.4 is 4.74 Å². The van der Waals surface area contributed by atoms with Gasteiger partial charge in [0.05, 0.1) is 6.61 Å². The van der Waals surface area contributed by atoms with E-state index in [9.17, 15) is 9.59 Å². The van der Waals surface area contributed by atoms with E-state index in [-0.39, 0.29) is 5.89 Å². The largest absolute Gasteiger partial charge is 0.494 e. The lowest BCUT2D eigenvalue weighted by molar-refractivity contribution is 0.0624. The fraction of sp³-hybridized carbons (Fsp3) is 0.214. The second kappa shape index (κ2) is 6.08. The molecule has 1 aromatic carbocycles. The molecule has 1 heterocycles. The van der Waals surface area contributed by atoms with Gasteiger partial charge in [0.2, 0.25) is 17.3 Å². The summed E-state index contributed by atoms with van der Waals surface area (Å²) in [6.07, 6.45) is 0.843. The average molecular weight is 291 g/mol. The van der Waals surface area contributed by atoms with Crippen LogP contribution in [0.5, 0.6) is 5.75 Å². The van der Waals surface area contributed by atoms with E-state index < -0.39 is 23.4 Å². The lowest BCUT2D eigenvalue weighted by Gasteiger charge is -2.04. The Morgan fingerprint density at radius 3 is 2.62 bits per heavy atom. The Bertz CT molecular complexity index is 644. The zero-order chi connectivity index (χ0) is 15.4. The van der Waals surface area contributed by atoms with Crippen LogP contribution in [0.3, 0.4) is 0 Å². The zero-order valence-corrected chi connectivity index (χ0v) is 11.2. The molecule has 110 valence electrons. The number of aromatic carboxylic acids is 2. The van der Waals surface area contributed by atoms with Crippen LogP contribution in [-0.4, -0.2) is 33.7 Å². The molecular weight excluding hydrogens is 278 g/mol. The van der Waals surface area contributed by atoms with Gasteiger partial charge in [0.15, 0.2) is 0 Å². The maximum absolute atomic E-state index is 11.0. The first kappa shape index (κ1) is 14.6. The molecule has 0 aliphatic rings. The third kappa shape index (κ3) is 3.19. The first-order valence-corrected chi connectivity index (χ1v) is 6.23. The third-order valence-electron chi connectivity index (χ3n) is 2.58. The van der Waals surface area contributed by atoms with Crippen molar-refractivity contribution < 1.29 is 29.0 Å². The molecule has 0 amide bonds. The molecule has 0 aliphatic carbocycles. The molecule has 7 nitrogen and oxygen atoms in total. The van der Waals surface area contributed by atoms with E-state index in [1.807, 2.05) is 6.92 Å². The fourth-order valence-corrected chi connectivity index (χ4v) is 1.67. The Kier molecular flexibility index (Phi) is 4.22. The van der Waals surface area contributed by atoms with Crippen LogP contribution in [-0.2, 0) is 0 Å². The van der Waals surface area contributed by atoms with Crippen molar-refractivity contribution in [2.75, 3.05) is 6.61 Å². The minimum absolute atomic E-state index is 0.0771. The number of hydrogen-bond acceptors (Lipinski definition) is 5. The van der Waals surface area contributed by atoms with Gasteiger partial charge in [-0.3, -0.25) is 0 Å². The lowest BCUT2D eigenvalue weighted by Crippen LogP contribution is -2.05. The molecule has 21 heavy (non-hydrogen) atoms. The number of carbonyl (C=O) groups is 2. The number of ether oxygens (including phenoxy) is 1. The van der Waals surface area contributed by atoms with Crippen molar-refractivity contribution in [3.8, 4) is 17.2 Å². The molecule has 2 aromatic rings. The number of hydrogen-bond donors (Lipinski definition) is 2. The molecule has 0 saturated heterocycles. The molecule has 0 bridgehead atoms. The second-order valence-electron chi connectivity index (χ2n) is 4.18. The summed E-state index contributed by atoms with van der Waals surface area (Å²) in [6.45, 7) is 2.51. The highest BCUT2D eigenvalue weighted by Gasteiger charge is 2.25. The Balaban J connectivity index is 2.40. The topological polar surface area (TPSA) is 110 Å². The normalized spacial score (nSPS) is 10.3. The Morgan fingerprint density at radius 2 is 2.05 bits per heavy atom. The molecule has 2 N–H and O–H groups in total. The number of carboxylic acid groups (broad SMARTS) is 2. The molecule has 0 aliphatic heterocycles. The van der Waals surface area contributed by atoms with Crippen molar-refractivity contribution in [2.24, 2.45) is 0 Å². The van der Waals surface area contributed by atoms with E-state index in [1.165, 1.54) is 0 Å². The van der Waals surface area contributed by atoms with Gasteiger partial charge in [-0.25, -0.2) is 14.6 Å². The predicted molar refractivity (Wildman–Crippen MR) is 71.6 cm³/mol. The van der Waals surface area contributed by atoms with Gasteiger partial charge in [0.1, 0.15) is 5.75 Å². The predicted octanol–water partition coefficient (Wildman–Crippen LogP) is 2.53. The molecular formula is C14H13NO6. The zero-order valence-electron chi connectivity index (χ0n) is 11.2. The van der Waals surface area contributed by atoms with Gasteiger partial charge in [0.25, 0.3) is 0 Å². The quantitative estimate of drug-likeness (QED) is 0.841. The number of benzene rings is 1. The molecule has 0 unspecified atom stereocenters. The van der Waals surface area contributed by atoms with Gasteiger partial charge < -0.3 is 19.4 Å². The van der Waals surface area contributed by atoms with Crippen LogP contribution in [0, 0.1) is 0 Å². The van der Waals surface area contributed by atoms with Crippen LogP contribution in [0.1, 0.15) is 34.4 Å². The second-order valence-corrected chi connectivity index (χ2v) is 4.18. The van der Waals surface area contributed by atoms with Crippen LogP contribution in [0.25, 0.3) is 11.5 Å². The van der Waals surface area contributed by atoms with Crippen LogP contribution in [0.4, 0.5) is 0 Å². The molecule has 0 saturated carbocycles. The SMILES string of the molecule is CCCOc1cccc(-c2nc(C(=O)O)c(C(=O)O)o2)c1. The van der Waals surface area contributed by atoms with E-state index >= 15 is 0 Å². The Morgan fingerprint density at radius 1 is 1.29 bits per heavy atom. The molecule has 0 radical (unpaired) electrons. The van der Waals surface area contributed by atoms with E-state index in [4.69, 9.17) is 19.4 Å². The first-order valence-electron chi connectivity index (χ1n) is 6.23. The maximum atomic E-state index is 11.0. The minimum atomic E-state index is -1.48. The van der Waals surface area contributed by atoms with Crippen LogP contribution >= 0.6 is 0 Å². The van der Waals surface area contributed by atoms with E-state index in [1.54, 1.807) is 24.3 Å². The molecule has 0 spiro atoms. The number of carboxylic acids is 2. The summed E-state index contributed by atoms with van der Waals surface area (Å²) in [5.41, 5.74) is -0.184. The van der Waals surface area contributed by atoms with Gasteiger partial charge in [-0.15, -0.1) is 0 Å². The summed E-state index contributed by atoms with van der Waals surface area (Å²) < 4.78 is 10.5. The highest BCUT2D eigenvalue weighted by molar-refractivity contribution is 5.98. The average Bonchev–Trinajstić information content (AvgIpc) is 2.91. The summed E-state index contributed by atoms with van der Waals surface area (Å²) >= 11 is 0. The summed E-state index contributed by atoms with van der Waals surface area (Å²) in [6, 6.07) is 6.66. The Labute approximate surface area is 119 Å². The molecule has 0 fully saturated rings. The molecule has 2 rings (SSSR count). The summed E-state index contributed by atoms with van der Waals surface area (Å²) in [5.74, 6) is -3.14. The van der Waals surface area contributed by atoms with Crippen molar-refractivity contribution in [1.29, 1.82) is 0 Å². The maximum Gasteiger partial charge on any atom is 0.374 e. The first-order chi connectivity index (χ1) is 10.0. The molecule has 7 heteroatoms. The number of rotatable bonds is 6. The van der Waals surface area contributed by atoms with Crippen molar-refractivity contribution in [3.05, 3.63) is 35.7 Å². The van der Waals surface area contributed by atoms with Crippen molar-refractivity contribution in [3.63, 3.8) is 0 Å². The summed E-state index contributed by atoms with van der Waals surface area (Å²) in [4.78, 5) is 25.6. The highest BCUT2D eigenvalue weighted by Crippen LogP contribution is 2.25. The lowest BCUT2D eigenvalue weighted by atomic mass is 10.2. The number of nitrogens with zero attached hydrogens (tertiary/aromatic N) is 1. The molecule has 1 aromatic heterocycles. The van der Waals surface area contributed by atoms with Gasteiger partial charge in [-0.05, 0) is 24.6 Å². The van der Waals surface area contributed by atoms with Crippen LogP contribution in [0.15, 0.2) is 28.7 Å². The van der Waals surface area contributed by atoms with Gasteiger partial charge >= 0.3 is 11.9 Å². The van der Waals surface area contributed by atoms with E-state index in [0.717, 1.165) is 6.42 Å². The van der Waals surface area contributed by atoms with Gasteiger partial charge in [0, 0.05) is 5.56 Å². The number of oxazole rings is 1. The third-order valence-corrected chi connectivity index (χ3v) is 2.58. The van der Waals surface area contributed by atoms with Crippen molar-refractivity contribution >= 4 is 11.9 Å². The number of aromatic nitrogens is 1. The Hall–Kier alpha value is -2.83. The smallest absolute Gasteiger partial charge is 0.374 e. The van der Waals surface area contributed by atoms with E-state index in [2.05, 4.69) is 4.98 Å². The van der Waals surface area contributed by atoms with Gasteiger partial charge in [-0.2, -0.15) is 0 Å².